The van der Waals surface area contributed by atoms with Gasteiger partial charge in [0.15, 0.2) is 0 Å². The lowest BCUT2D eigenvalue weighted by molar-refractivity contribution is 0.281. The van der Waals surface area contributed by atoms with E-state index >= 15 is 0 Å². The lowest BCUT2D eigenvalue weighted by Crippen LogP contribution is -2.36. The summed E-state index contributed by atoms with van der Waals surface area (Å²) in [6.07, 6.45) is 0.895. The molecular weight excluding hydrogens is 286 g/mol. The number of aliphatic hydroxyl groups excluding tert-OH is 1. The average molecular weight is 306 g/mol. The number of halogens is 1. The van der Waals surface area contributed by atoms with Gasteiger partial charge in [-0.2, -0.15) is 0 Å². The van der Waals surface area contributed by atoms with Crippen molar-refractivity contribution in [1.29, 1.82) is 0 Å². The Morgan fingerprint density at radius 2 is 2.00 bits per heavy atom. The van der Waals surface area contributed by atoms with Gasteiger partial charge in [0.2, 0.25) is 10.0 Å². The number of sulfonamides is 1. The highest BCUT2D eigenvalue weighted by Crippen LogP contribution is 2.21. The van der Waals surface area contributed by atoms with Crippen LogP contribution in [0.2, 0.25) is 5.02 Å². The SMILES string of the molecule is CCC(C)C(C)NS(=O)(=O)c1ccc(Cl)c(CO)c1. The zero-order valence-corrected chi connectivity index (χ0v) is 12.9. The van der Waals surface area contributed by atoms with Crippen molar-refractivity contribution < 1.29 is 13.5 Å². The van der Waals surface area contributed by atoms with Gasteiger partial charge in [0, 0.05) is 11.1 Å². The second-order valence-corrected chi connectivity index (χ2v) is 6.83. The third-order valence-electron chi connectivity index (χ3n) is 3.34. The molecule has 1 rings (SSSR count). The maximum absolute atomic E-state index is 12.2. The number of benzene rings is 1. The molecule has 0 saturated heterocycles. The van der Waals surface area contributed by atoms with Crippen molar-refractivity contribution in [3.8, 4) is 0 Å². The molecule has 0 bridgehead atoms. The van der Waals surface area contributed by atoms with E-state index in [4.69, 9.17) is 16.7 Å². The van der Waals surface area contributed by atoms with E-state index in [1.165, 1.54) is 18.2 Å². The van der Waals surface area contributed by atoms with Crippen LogP contribution in [0.5, 0.6) is 0 Å². The fourth-order valence-electron chi connectivity index (χ4n) is 1.62. The Balaban J connectivity index is 3.01. The summed E-state index contributed by atoms with van der Waals surface area (Å²) in [5.41, 5.74) is 0.403. The Kier molecular flexibility index (Phi) is 5.80. The Labute approximate surface area is 119 Å². The average Bonchev–Trinajstić information content (AvgIpc) is 2.37. The third-order valence-corrected chi connectivity index (χ3v) is 5.26. The van der Waals surface area contributed by atoms with Gasteiger partial charge in [-0.25, -0.2) is 13.1 Å². The molecule has 0 saturated carbocycles. The topological polar surface area (TPSA) is 66.4 Å². The molecule has 0 heterocycles. The van der Waals surface area contributed by atoms with E-state index in [2.05, 4.69) is 4.72 Å². The zero-order valence-electron chi connectivity index (χ0n) is 11.4. The fraction of sp³-hybridized carbons (Fsp3) is 0.538. The Morgan fingerprint density at radius 1 is 1.37 bits per heavy atom. The molecule has 2 N–H and O–H groups in total. The predicted octanol–water partition coefficient (Wildman–Crippen LogP) is 2.55. The first-order valence-corrected chi connectivity index (χ1v) is 8.09. The summed E-state index contributed by atoms with van der Waals surface area (Å²) in [7, 11) is -3.58. The molecule has 0 amide bonds. The summed E-state index contributed by atoms with van der Waals surface area (Å²) in [4.78, 5) is 0.121. The molecule has 4 nitrogen and oxygen atoms in total. The van der Waals surface area contributed by atoms with Crippen molar-refractivity contribution in [2.45, 2.75) is 44.7 Å². The first-order chi connectivity index (χ1) is 8.81. The zero-order chi connectivity index (χ0) is 14.6. The van der Waals surface area contributed by atoms with Crippen LogP contribution in [0.3, 0.4) is 0 Å². The van der Waals surface area contributed by atoms with E-state index in [0.717, 1.165) is 6.42 Å². The quantitative estimate of drug-likeness (QED) is 0.849. The summed E-state index contributed by atoms with van der Waals surface area (Å²) in [5.74, 6) is 0.249. The summed E-state index contributed by atoms with van der Waals surface area (Å²) in [6.45, 7) is 5.56. The van der Waals surface area contributed by atoms with Crippen LogP contribution in [-0.2, 0) is 16.6 Å². The lowest BCUT2D eigenvalue weighted by Gasteiger charge is -2.20. The molecule has 0 aliphatic heterocycles. The number of rotatable bonds is 6. The van der Waals surface area contributed by atoms with Crippen LogP contribution in [0.15, 0.2) is 23.1 Å². The molecule has 2 atom stereocenters. The third kappa shape index (κ3) is 4.18. The highest BCUT2D eigenvalue weighted by atomic mass is 35.5. The molecule has 19 heavy (non-hydrogen) atoms. The van der Waals surface area contributed by atoms with Crippen LogP contribution in [0, 0.1) is 5.92 Å². The van der Waals surface area contributed by atoms with Crippen LogP contribution in [0.25, 0.3) is 0 Å². The predicted molar refractivity (Wildman–Crippen MR) is 76.6 cm³/mol. The van der Waals surface area contributed by atoms with Crippen molar-refractivity contribution in [2.24, 2.45) is 5.92 Å². The van der Waals surface area contributed by atoms with Gasteiger partial charge in [-0.3, -0.25) is 0 Å². The molecule has 6 heteroatoms. The molecule has 0 fully saturated rings. The molecule has 0 aromatic heterocycles. The Bertz CT molecular complexity index is 531. The molecule has 0 spiro atoms. The van der Waals surface area contributed by atoms with Crippen molar-refractivity contribution in [3.05, 3.63) is 28.8 Å². The first-order valence-electron chi connectivity index (χ1n) is 6.23. The van der Waals surface area contributed by atoms with Crippen molar-refractivity contribution >= 4 is 21.6 Å². The Hall–Kier alpha value is -0.620. The molecule has 108 valence electrons. The summed E-state index contributed by atoms with van der Waals surface area (Å²) < 4.78 is 27.1. The first kappa shape index (κ1) is 16.4. The fourth-order valence-corrected chi connectivity index (χ4v) is 3.20. The molecule has 0 radical (unpaired) electrons. The second-order valence-electron chi connectivity index (χ2n) is 4.71. The van der Waals surface area contributed by atoms with E-state index in [1.54, 1.807) is 0 Å². The van der Waals surface area contributed by atoms with Gasteiger partial charge in [-0.15, -0.1) is 0 Å². The van der Waals surface area contributed by atoms with Gasteiger partial charge >= 0.3 is 0 Å². The summed E-state index contributed by atoms with van der Waals surface area (Å²) in [6, 6.07) is 4.17. The summed E-state index contributed by atoms with van der Waals surface area (Å²) >= 11 is 5.85. The van der Waals surface area contributed by atoms with E-state index in [1.807, 2.05) is 20.8 Å². The van der Waals surface area contributed by atoms with Crippen molar-refractivity contribution in [3.63, 3.8) is 0 Å². The molecule has 0 aliphatic rings. The van der Waals surface area contributed by atoms with E-state index in [-0.39, 0.29) is 23.5 Å². The Morgan fingerprint density at radius 3 is 2.53 bits per heavy atom. The minimum atomic E-state index is -3.58. The van der Waals surface area contributed by atoms with Gasteiger partial charge < -0.3 is 5.11 Å². The molecule has 2 unspecified atom stereocenters. The van der Waals surface area contributed by atoms with Gasteiger partial charge in [0.1, 0.15) is 0 Å². The van der Waals surface area contributed by atoms with Gasteiger partial charge in [0.25, 0.3) is 0 Å². The summed E-state index contributed by atoms with van der Waals surface area (Å²) in [5, 5.41) is 9.47. The molecule has 0 aliphatic carbocycles. The largest absolute Gasteiger partial charge is 0.392 e. The van der Waals surface area contributed by atoms with Crippen LogP contribution in [0.1, 0.15) is 32.8 Å². The number of hydrogen-bond donors (Lipinski definition) is 2. The van der Waals surface area contributed by atoms with Gasteiger partial charge in [-0.1, -0.05) is 31.9 Å². The van der Waals surface area contributed by atoms with Gasteiger partial charge in [0.05, 0.1) is 11.5 Å². The maximum atomic E-state index is 12.2. The van der Waals surface area contributed by atoms with Crippen LogP contribution in [-0.4, -0.2) is 19.6 Å². The van der Waals surface area contributed by atoms with E-state index in [0.29, 0.717) is 10.6 Å². The number of aliphatic hydroxyl groups is 1. The van der Waals surface area contributed by atoms with Crippen LogP contribution < -0.4 is 4.72 Å². The normalized spacial score (nSPS) is 15.2. The van der Waals surface area contributed by atoms with Crippen molar-refractivity contribution in [2.75, 3.05) is 0 Å². The van der Waals surface area contributed by atoms with Crippen LogP contribution >= 0.6 is 11.6 Å². The number of nitrogens with one attached hydrogen (secondary N) is 1. The minimum absolute atomic E-state index is 0.121. The lowest BCUT2D eigenvalue weighted by atomic mass is 10.0. The highest BCUT2D eigenvalue weighted by molar-refractivity contribution is 7.89. The molecule has 1 aromatic carbocycles. The highest BCUT2D eigenvalue weighted by Gasteiger charge is 2.21. The number of hydrogen-bond acceptors (Lipinski definition) is 3. The maximum Gasteiger partial charge on any atom is 0.240 e. The smallest absolute Gasteiger partial charge is 0.240 e. The van der Waals surface area contributed by atoms with Crippen LogP contribution in [0.4, 0.5) is 0 Å². The van der Waals surface area contributed by atoms with E-state index < -0.39 is 10.0 Å². The van der Waals surface area contributed by atoms with Gasteiger partial charge in [-0.05, 0) is 36.6 Å². The monoisotopic (exact) mass is 305 g/mol. The molecular formula is C13H20ClNO3S. The standard InChI is InChI=1S/C13H20ClNO3S/c1-4-9(2)10(3)15-19(17,18)12-5-6-13(14)11(7-12)8-16/h5-7,9-10,15-16H,4,8H2,1-3H3. The molecule has 1 aromatic rings. The second kappa shape index (κ2) is 6.70. The minimum Gasteiger partial charge on any atom is -0.392 e. The van der Waals surface area contributed by atoms with Crippen molar-refractivity contribution in [1.82, 2.24) is 4.72 Å². The van der Waals surface area contributed by atoms with E-state index in [9.17, 15) is 8.42 Å².